The Kier molecular flexibility index (Phi) is 4.89. The number of esters is 1. The van der Waals surface area contributed by atoms with Gasteiger partial charge in [-0.1, -0.05) is 6.07 Å². The zero-order chi connectivity index (χ0) is 15.4. The van der Waals surface area contributed by atoms with E-state index in [0.29, 0.717) is 25.1 Å². The van der Waals surface area contributed by atoms with Crippen molar-refractivity contribution in [1.82, 2.24) is 4.90 Å². The lowest BCUT2D eigenvalue weighted by molar-refractivity contribution is -0.154. The Hall–Kier alpha value is -1.97. The maximum atomic E-state index is 13.2. The molecule has 1 N–H and O–H groups in total. The number of piperidine rings is 1. The minimum Gasteiger partial charge on any atom is -0.468 e. The average Bonchev–Trinajstić information content (AvgIpc) is 2.48. The van der Waals surface area contributed by atoms with E-state index >= 15 is 0 Å². The molecule has 2 rings (SSSR count). The molecule has 0 radical (unpaired) electrons. The molecule has 0 aromatic heterocycles. The molecule has 21 heavy (non-hydrogen) atoms. The van der Waals surface area contributed by atoms with Crippen molar-refractivity contribution in [2.75, 3.05) is 13.7 Å². The van der Waals surface area contributed by atoms with Gasteiger partial charge in [0.15, 0.2) is 0 Å². The highest BCUT2D eigenvalue weighted by Gasteiger charge is 2.36. The van der Waals surface area contributed by atoms with Gasteiger partial charge in [0, 0.05) is 6.54 Å². The van der Waals surface area contributed by atoms with Gasteiger partial charge >= 0.3 is 5.97 Å². The number of nitriles is 1. The van der Waals surface area contributed by atoms with Gasteiger partial charge in [-0.15, -0.1) is 0 Å². The second-order valence-electron chi connectivity index (χ2n) is 5.06. The number of methoxy groups -OCH3 is 1. The number of rotatable bonds is 3. The Bertz CT molecular complexity index is 571. The van der Waals surface area contributed by atoms with E-state index in [-0.39, 0.29) is 5.56 Å². The lowest BCUT2D eigenvalue weighted by Gasteiger charge is -2.37. The predicted molar refractivity (Wildman–Crippen MR) is 72.6 cm³/mol. The average molecular weight is 292 g/mol. The van der Waals surface area contributed by atoms with Crippen LogP contribution in [0.5, 0.6) is 0 Å². The summed E-state index contributed by atoms with van der Waals surface area (Å²) in [4.78, 5) is 13.6. The van der Waals surface area contributed by atoms with Gasteiger partial charge in [-0.3, -0.25) is 9.69 Å². The first-order valence-corrected chi connectivity index (χ1v) is 6.75. The number of hydrogen-bond acceptors (Lipinski definition) is 5. The Balaban J connectivity index is 2.24. The molecule has 5 nitrogen and oxygen atoms in total. The second-order valence-corrected chi connectivity index (χ2v) is 5.06. The fourth-order valence-corrected chi connectivity index (χ4v) is 2.66. The van der Waals surface area contributed by atoms with E-state index in [9.17, 15) is 14.3 Å². The number of carbonyl (C=O) groups is 1. The molecule has 1 aliphatic heterocycles. The van der Waals surface area contributed by atoms with Gasteiger partial charge in [-0.25, -0.2) is 4.39 Å². The van der Waals surface area contributed by atoms with Crippen LogP contribution < -0.4 is 0 Å². The van der Waals surface area contributed by atoms with Crippen LogP contribution in [0, 0.1) is 17.1 Å². The molecule has 1 fully saturated rings. The van der Waals surface area contributed by atoms with Gasteiger partial charge in [-0.2, -0.15) is 5.26 Å². The number of ether oxygens (including phenoxy) is 1. The highest BCUT2D eigenvalue weighted by atomic mass is 19.1. The van der Waals surface area contributed by atoms with Crippen molar-refractivity contribution in [3.63, 3.8) is 0 Å². The monoisotopic (exact) mass is 292 g/mol. The van der Waals surface area contributed by atoms with Crippen LogP contribution in [0.1, 0.15) is 24.0 Å². The van der Waals surface area contributed by atoms with Crippen molar-refractivity contribution in [2.24, 2.45) is 0 Å². The van der Waals surface area contributed by atoms with Crippen molar-refractivity contribution < 1.29 is 19.0 Å². The van der Waals surface area contributed by atoms with Crippen LogP contribution in [0.2, 0.25) is 0 Å². The van der Waals surface area contributed by atoms with E-state index in [0.717, 1.165) is 6.42 Å². The van der Waals surface area contributed by atoms with Crippen molar-refractivity contribution in [1.29, 1.82) is 5.26 Å². The molecule has 2 atom stereocenters. The number of benzene rings is 1. The van der Waals surface area contributed by atoms with Crippen molar-refractivity contribution in [3.8, 4) is 6.07 Å². The normalized spacial score (nSPS) is 22.6. The molecule has 0 bridgehead atoms. The summed E-state index contributed by atoms with van der Waals surface area (Å²) in [5.74, 6) is -0.971. The number of aliphatic hydroxyl groups excluding tert-OH is 1. The molecule has 1 heterocycles. The highest BCUT2D eigenvalue weighted by Crippen LogP contribution is 2.22. The lowest BCUT2D eigenvalue weighted by atomic mass is 9.97. The van der Waals surface area contributed by atoms with Gasteiger partial charge < -0.3 is 9.84 Å². The molecule has 0 aliphatic carbocycles. The van der Waals surface area contributed by atoms with Gasteiger partial charge in [0.1, 0.15) is 11.9 Å². The van der Waals surface area contributed by atoms with Crippen LogP contribution >= 0.6 is 0 Å². The van der Waals surface area contributed by atoms with E-state index in [1.165, 1.54) is 25.3 Å². The van der Waals surface area contributed by atoms with E-state index in [2.05, 4.69) is 0 Å². The van der Waals surface area contributed by atoms with E-state index < -0.39 is 23.9 Å². The van der Waals surface area contributed by atoms with Gasteiger partial charge in [-0.05, 0) is 37.1 Å². The summed E-state index contributed by atoms with van der Waals surface area (Å²) in [7, 11) is 1.28. The topological polar surface area (TPSA) is 73.6 Å². The van der Waals surface area contributed by atoms with E-state index in [4.69, 9.17) is 10.00 Å². The predicted octanol–water partition coefficient (Wildman–Crippen LogP) is 1.20. The standard InChI is InChI=1S/C15H17FN2O3/c1-21-15(20)14-13(19)3-2-6-18(14)9-10-4-5-12(16)7-11(10)8-17/h4-5,7,13-14,19H,2-3,6,9H2,1H3/t13-,14-/m0/s1. The quantitative estimate of drug-likeness (QED) is 0.847. The number of nitrogens with zero attached hydrogens (tertiary/aromatic N) is 2. The van der Waals surface area contributed by atoms with Crippen LogP contribution in [0.15, 0.2) is 18.2 Å². The summed E-state index contributed by atoms with van der Waals surface area (Å²) in [5.41, 5.74) is 0.862. The third-order valence-electron chi connectivity index (χ3n) is 3.71. The minimum atomic E-state index is -0.794. The first kappa shape index (κ1) is 15.4. The molecular weight excluding hydrogens is 275 g/mol. The van der Waals surface area contributed by atoms with Crippen molar-refractivity contribution >= 4 is 5.97 Å². The Morgan fingerprint density at radius 3 is 3.05 bits per heavy atom. The van der Waals surface area contributed by atoms with Crippen LogP contribution in [-0.2, 0) is 16.1 Å². The Labute approximate surface area is 122 Å². The number of carbonyl (C=O) groups excluding carboxylic acids is 1. The molecule has 0 saturated carbocycles. The van der Waals surface area contributed by atoms with Gasteiger partial charge in [0.2, 0.25) is 0 Å². The Morgan fingerprint density at radius 1 is 1.62 bits per heavy atom. The second kappa shape index (κ2) is 6.66. The third-order valence-corrected chi connectivity index (χ3v) is 3.71. The molecule has 1 aliphatic rings. The zero-order valence-electron chi connectivity index (χ0n) is 11.8. The van der Waals surface area contributed by atoms with Crippen molar-refractivity contribution in [3.05, 3.63) is 35.1 Å². The van der Waals surface area contributed by atoms with Gasteiger partial charge in [0.05, 0.1) is 24.8 Å². The lowest BCUT2D eigenvalue weighted by Crippen LogP contribution is -2.52. The fraction of sp³-hybridized carbons (Fsp3) is 0.467. The fourth-order valence-electron chi connectivity index (χ4n) is 2.66. The summed E-state index contributed by atoms with van der Waals surface area (Å²) in [6.07, 6.45) is 0.486. The van der Waals surface area contributed by atoms with E-state index in [1.54, 1.807) is 4.90 Å². The highest BCUT2D eigenvalue weighted by molar-refractivity contribution is 5.76. The molecular formula is C15H17FN2O3. The number of hydrogen-bond donors (Lipinski definition) is 1. The van der Waals surface area contributed by atoms with E-state index in [1.807, 2.05) is 6.07 Å². The number of halogens is 1. The van der Waals surface area contributed by atoms with Crippen LogP contribution in [0.25, 0.3) is 0 Å². The van der Waals surface area contributed by atoms with Crippen LogP contribution in [0.3, 0.4) is 0 Å². The summed E-state index contributed by atoms with van der Waals surface area (Å²) in [6, 6.07) is 5.18. The molecule has 112 valence electrons. The largest absolute Gasteiger partial charge is 0.468 e. The zero-order valence-corrected chi connectivity index (χ0v) is 11.8. The summed E-state index contributed by atoms with van der Waals surface area (Å²) in [6.45, 7) is 0.902. The molecule has 6 heteroatoms. The SMILES string of the molecule is COC(=O)[C@@H]1[C@@H](O)CCCN1Cc1ccc(F)cc1C#N. The first-order valence-electron chi connectivity index (χ1n) is 6.75. The molecule has 0 unspecified atom stereocenters. The van der Waals surface area contributed by atoms with Crippen LogP contribution in [0.4, 0.5) is 4.39 Å². The number of likely N-dealkylation sites (tertiary alicyclic amines) is 1. The molecule has 0 spiro atoms. The molecule has 1 aromatic rings. The molecule has 0 amide bonds. The number of aliphatic hydroxyl groups is 1. The van der Waals surface area contributed by atoms with Crippen LogP contribution in [-0.4, -0.2) is 41.8 Å². The summed E-state index contributed by atoms with van der Waals surface area (Å²) < 4.78 is 17.9. The smallest absolute Gasteiger partial charge is 0.325 e. The molecule has 1 saturated heterocycles. The maximum Gasteiger partial charge on any atom is 0.325 e. The first-order chi connectivity index (χ1) is 10.1. The summed E-state index contributed by atoms with van der Waals surface area (Å²) in [5, 5.41) is 19.1. The molecule has 1 aromatic carbocycles. The van der Waals surface area contributed by atoms with Gasteiger partial charge in [0.25, 0.3) is 0 Å². The Morgan fingerprint density at radius 2 is 2.38 bits per heavy atom. The third kappa shape index (κ3) is 3.38. The van der Waals surface area contributed by atoms with Crippen molar-refractivity contribution in [2.45, 2.75) is 31.5 Å². The maximum absolute atomic E-state index is 13.2. The summed E-state index contributed by atoms with van der Waals surface area (Å²) >= 11 is 0. The minimum absolute atomic E-state index is 0.235.